The van der Waals surface area contributed by atoms with Gasteiger partial charge in [0, 0.05) is 13.5 Å². The first-order valence-corrected chi connectivity index (χ1v) is 6.08. The van der Waals surface area contributed by atoms with Crippen molar-refractivity contribution in [3.63, 3.8) is 0 Å². The van der Waals surface area contributed by atoms with Gasteiger partial charge in [-0.15, -0.1) is 0 Å². The SMILES string of the molecule is CCC[C@H]1OC(c2ccccc2)CC1OC. The van der Waals surface area contributed by atoms with Crippen molar-refractivity contribution < 1.29 is 9.47 Å². The number of rotatable bonds is 4. The quantitative estimate of drug-likeness (QED) is 0.775. The van der Waals surface area contributed by atoms with Gasteiger partial charge in [0.05, 0.1) is 18.3 Å². The lowest BCUT2D eigenvalue weighted by molar-refractivity contribution is -0.0103. The lowest BCUT2D eigenvalue weighted by Gasteiger charge is -2.16. The van der Waals surface area contributed by atoms with Crippen LogP contribution in [0.5, 0.6) is 0 Å². The molecule has 1 aliphatic rings. The predicted octanol–water partition coefficient (Wildman–Crippen LogP) is 3.33. The average molecular weight is 220 g/mol. The van der Waals surface area contributed by atoms with Gasteiger partial charge in [0.1, 0.15) is 0 Å². The van der Waals surface area contributed by atoms with Crippen LogP contribution < -0.4 is 0 Å². The standard InChI is InChI=1S/C14H20O2/c1-3-7-12-14(15-2)10-13(16-12)11-8-5-4-6-9-11/h4-6,8-9,12-14H,3,7,10H2,1-2H3/t12-,13?,14?/m1/s1. The molecule has 88 valence electrons. The molecular weight excluding hydrogens is 200 g/mol. The van der Waals surface area contributed by atoms with Crippen molar-refractivity contribution in [2.75, 3.05) is 7.11 Å². The van der Waals surface area contributed by atoms with E-state index in [-0.39, 0.29) is 18.3 Å². The molecule has 16 heavy (non-hydrogen) atoms. The van der Waals surface area contributed by atoms with E-state index < -0.39 is 0 Å². The fraction of sp³-hybridized carbons (Fsp3) is 0.571. The highest BCUT2D eigenvalue weighted by Gasteiger charge is 2.35. The molecule has 0 aromatic heterocycles. The number of ether oxygens (including phenoxy) is 2. The van der Waals surface area contributed by atoms with Crippen LogP contribution in [-0.2, 0) is 9.47 Å². The Bertz CT molecular complexity index is 310. The molecule has 0 radical (unpaired) electrons. The van der Waals surface area contributed by atoms with Crippen molar-refractivity contribution >= 4 is 0 Å². The first-order valence-electron chi connectivity index (χ1n) is 6.08. The molecule has 1 saturated heterocycles. The largest absolute Gasteiger partial charge is 0.379 e. The van der Waals surface area contributed by atoms with Crippen LogP contribution >= 0.6 is 0 Å². The Kier molecular flexibility index (Phi) is 3.97. The minimum atomic E-state index is 0.211. The van der Waals surface area contributed by atoms with Gasteiger partial charge in [-0.3, -0.25) is 0 Å². The average Bonchev–Trinajstić information content (AvgIpc) is 2.74. The van der Waals surface area contributed by atoms with Crippen LogP contribution in [0.25, 0.3) is 0 Å². The summed E-state index contributed by atoms with van der Waals surface area (Å²) in [5.74, 6) is 0. The van der Waals surface area contributed by atoms with Gasteiger partial charge in [0.15, 0.2) is 0 Å². The summed E-state index contributed by atoms with van der Waals surface area (Å²) in [5.41, 5.74) is 1.27. The van der Waals surface area contributed by atoms with Crippen molar-refractivity contribution in [2.24, 2.45) is 0 Å². The molecule has 1 aromatic rings. The van der Waals surface area contributed by atoms with Crippen molar-refractivity contribution in [3.8, 4) is 0 Å². The second-order valence-electron chi connectivity index (χ2n) is 4.37. The van der Waals surface area contributed by atoms with E-state index in [1.54, 1.807) is 7.11 Å². The molecule has 0 N–H and O–H groups in total. The third kappa shape index (κ3) is 2.45. The Hall–Kier alpha value is -0.860. The zero-order valence-corrected chi connectivity index (χ0v) is 10.1. The van der Waals surface area contributed by atoms with Crippen LogP contribution in [0, 0.1) is 0 Å². The van der Waals surface area contributed by atoms with E-state index in [9.17, 15) is 0 Å². The number of hydrogen-bond donors (Lipinski definition) is 0. The van der Waals surface area contributed by atoms with Gasteiger partial charge in [-0.1, -0.05) is 43.7 Å². The Morgan fingerprint density at radius 3 is 2.69 bits per heavy atom. The van der Waals surface area contributed by atoms with Crippen molar-refractivity contribution in [1.82, 2.24) is 0 Å². The van der Waals surface area contributed by atoms with E-state index in [2.05, 4.69) is 31.2 Å². The smallest absolute Gasteiger partial charge is 0.0861 e. The molecule has 2 unspecified atom stereocenters. The lowest BCUT2D eigenvalue weighted by atomic mass is 10.0. The summed E-state index contributed by atoms with van der Waals surface area (Å²) < 4.78 is 11.6. The zero-order chi connectivity index (χ0) is 11.4. The molecule has 0 saturated carbocycles. The summed E-state index contributed by atoms with van der Waals surface area (Å²) in [4.78, 5) is 0. The summed E-state index contributed by atoms with van der Waals surface area (Å²) in [6.45, 7) is 2.19. The van der Waals surface area contributed by atoms with Crippen LogP contribution in [0.4, 0.5) is 0 Å². The summed E-state index contributed by atoms with van der Waals surface area (Å²) in [6.07, 6.45) is 3.94. The maximum Gasteiger partial charge on any atom is 0.0861 e. The second kappa shape index (κ2) is 5.46. The number of methoxy groups -OCH3 is 1. The van der Waals surface area contributed by atoms with Gasteiger partial charge < -0.3 is 9.47 Å². The highest BCUT2D eigenvalue weighted by atomic mass is 16.6. The molecule has 0 spiro atoms. The molecule has 0 bridgehead atoms. The summed E-state index contributed by atoms with van der Waals surface area (Å²) in [5, 5.41) is 0. The molecule has 1 aliphatic heterocycles. The van der Waals surface area contributed by atoms with E-state index in [0.717, 1.165) is 19.3 Å². The molecule has 0 aliphatic carbocycles. The molecule has 1 heterocycles. The van der Waals surface area contributed by atoms with Crippen LogP contribution in [0.3, 0.4) is 0 Å². The highest BCUT2D eigenvalue weighted by Crippen LogP contribution is 2.35. The maximum atomic E-state index is 6.07. The number of benzene rings is 1. The van der Waals surface area contributed by atoms with Crippen LogP contribution in [-0.4, -0.2) is 19.3 Å². The predicted molar refractivity (Wildman–Crippen MR) is 64.4 cm³/mol. The van der Waals surface area contributed by atoms with E-state index in [4.69, 9.17) is 9.47 Å². The normalized spacial score (nSPS) is 29.5. The van der Waals surface area contributed by atoms with Crippen LogP contribution in [0.1, 0.15) is 37.9 Å². The first kappa shape index (κ1) is 11.6. The van der Waals surface area contributed by atoms with E-state index >= 15 is 0 Å². The maximum absolute atomic E-state index is 6.07. The van der Waals surface area contributed by atoms with Crippen molar-refractivity contribution in [3.05, 3.63) is 35.9 Å². The van der Waals surface area contributed by atoms with E-state index in [0.29, 0.717) is 0 Å². The summed E-state index contributed by atoms with van der Waals surface area (Å²) >= 11 is 0. The van der Waals surface area contributed by atoms with Gasteiger partial charge in [0.2, 0.25) is 0 Å². The second-order valence-corrected chi connectivity index (χ2v) is 4.37. The lowest BCUT2D eigenvalue weighted by Crippen LogP contribution is -2.22. The molecule has 3 atom stereocenters. The third-order valence-electron chi connectivity index (χ3n) is 3.25. The Labute approximate surface area is 97.6 Å². The zero-order valence-electron chi connectivity index (χ0n) is 10.1. The Balaban J connectivity index is 2.05. The highest BCUT2D eigenvalue weighted by molar-refractivity contribution is 5.18. The van der Waals surface area contributed by atoms with Crippen molar-refractivity contribution in [2.45, 2.75) is 44.5 Å². The van der Waals surface area contributed by atoms with Gasteiger partial charge >= 0.3 is 0 Å². The van der Waals surface area contributed by atoms with Crippen LogP contribution in [0.2, 0.25) is 0 Å². The van der Waals surface area contributed by atoms with Crippen molar-refractivity contribution in [1.29, 1.82) is 0 Å². The molecule has 2 rings (SSSR count). The molecule has 1 aromatic carbocycles. The molecule has 0 amide bonds. The van der Waals surface area contributed by atoms with E-state index in [1.165, 1.54) is 5.56 Å². The summed E-state index contributed by atoms with van der Waals surface area (Å²) in [6, 6.07) is 10.4. The monoisotopic (exact) mass is 220 g/mol. The molecular formula is C14H20O2. The number of hydrogen-bond acceptors (Lipinski definition) is 2. The Morgan fingerprint density at radius 1 is 1.31 bits per heavy atom. The minimum Gasteiger partial charge on any atom is -0.379 e. The fourth-order valence-electron chi connectivity index (χ4n) is 2.39. The van der Waals surface area contributed by atoms with Gasteiger partial charge in [-0.05, 0) is 12.0 Å². The topological polar surface area (TPSA) is 18.5 Å². The minimum absolute atomic E-state index is 0.211. The molecule has 2 heteroatoms. The first-order chi connectivity index (χ1) is 7.85. The fourth-order valence-corrected chi connectivity index (χ4v) is 2.39. The molecule has 2 nitrogen and oxygen atoms in total. The van der Waals surface area contributed by atoms with E-state index in [1.807, 2.05) is 6.07 Å². The van der Waals surface area contributed by atoms with Gasteiger partial charge in [-0.2, -0.15) is 0 Å². The Morgan fingerprint density at radius 2 is 2.06 bits per heavy atom. The summed E-state index contributed by atoms with van der Waals surface area (Å²) in [7, 11) is 1.78. The van der Waals surface area contributed by atoms with Crippen LogP contribution in [0.15, 0.2) is 30.3 Å². The van der Waals surface area contributed by atoms with Gasteiger partial charge in [-0.25, -0.2) is 0 Å². The molecule has 1 fully saturated rings. The third-order valence-corrected chi connectivity index (χ3v) is 3.25. The van der Waals surface area contributed by atoms with Gasteiger partial charge in [0.25, 0.3) is 0 Å².